The fourth-order valence-corrected chi connectivity index (χ4v) is 5.73. The molecule has 2 aromatic carbocycles. The molecule has 3 rings (SSSR count). The van der Waals surface area contributed by atoms with Crippen molar-refractivity contribution in [3.05, 3.63) is 53.1 Å². The summed E-state index contributed by atoms with van der Waals surface area (Å²) >= 11 is 0. The second kappa shape index (κ2) is 8.25. The van der Waals surface area contributed by atoms with E-state index in [4.69, 9.17) is 0 Å². The molecule has 1 amide bonds. The summed E-state index contributed by atoms with van der Waals surface area (Å²) < 4.78 is 54.0. The molecule has 0 atom stereocenters. The Morgan fingerprint density at radius 1 is 1.17 bits per heavy atom. The molecule has 1 fully saturated rings. The number of carbonyl (C=O) groups is 1. The molecule has 0 spiro atoms. The summed E-state index contributed by atoms with van der Waals surface area (Å²) in [5.41, 5.74) is 2.23. The van der Waals surface area contributed by atoms with Crippen molar-refractivity contribution in [1.82, 2.24) is 9.44 Å². The number of sulfonamides is 1. The highest BCUT2D eigenvalue weighted by atomic mass is 32.2. The summed E-state index contributed by atoms with van der Waals surface area (Å²) in [7, 11) is -7.62. The largest absolute Gasteiger partial charge is 0.506 e. The monoisotopic (exact) mass is 453 g/mol. The number of rotatable bonds is 7. The molecule has 9 nitrogen and oxygen atoms in total. The van der Waals surface area contributed by atoms with Crippen LogP contribution in [0.4, 0.5) is 5.69 Å². The van der Waals surface area contributed by atoms with Gasteiger partial charge in [0.05, 0.1) is 10.6 Å². The van der Waals surface area contributed by atoms with Crippen LogP contribution in [0.3, 0.4) is 0 Å². The molecule has 0 radical (unpaired) electrons. The Balaban J connectivity index is 1.61. The third kappa shape index (κ3) is 4.74. The Hall–Kier alpha value is -2.63. The van der Waals surface area contributed by atoms with Crippen LogP contribution in [0.2, 0.25) is 0 Å². The van der Waals surface area contributed by atoms with Crippen molar-refractivity contribution in [1.29, 1.82) is 0 Å². The standard InChI is InChI=1S/C19H23N3O6S2/c1-13-5-6-14(2)18(10-13)29(25,26)20-9-3-4-15-7-8-16(17(23)11-15)22-12-19(24)21-30(22,27)28/h5-8,10-11,20,23H,3-4,9,12H2,1-2H3,(H,21,24). The topological polar surface area (TPSA) is 133 Å². The Labute approximate surface area is 176 Å². The molecule has 1 aliphatic rings. The number of phenolic OH excluding ortho intramolecular Hbond substituents is 1. The number of amides is 1. The quantitative estimate of drug-likeness (QED) is 0.538. The van der Waals surface area contributed by atoms with Gasteiger partial charge in [-0.2, -0.15) is 8.42 Å². The molecule has 162 valence electrons. The zero-order chi connectivity index (χ0) is 22.1. The Bertz CT molecular complexity index is 1190. The number of aromatic hydroxyl groups is 1. The van der Waals surface area contributed by atoms with Crippen LogP contribution in [-0.4, -0.2) is 40.9 Å². The maximum atomic E-state index is 12.5. The van der Waals surface area contributed by atoms with Crippen molar-refractivity contribution in [2.45, 2.75) is 31.6 Å². The van der Waals surface area contributed by atoms with E-state index in [9.17, 15) is 26.7 Å². The lowest BCUT2D eigenvalue weighted by Gasteiger charge is -2.16. The molecule has 1 saturated heterocycles. The van der Waals surface area contributed by atoms with Crippen molar-refractivity contribution >= 4 is 31.8 Å². The highest BCUT2D eigenvalue weighted by molar-refractivity contribution is 7.92. The predicted molar refractivity (Wildman–Crippen MR) is 112 cm³/mol. The molecule has 2 aromatic rings. The molecule has 0 bridgehead atoms. The average molecular weight is 454 g/mol. The van der Waals surface area contributed by atoms with E-state index < -0.39 is 32.7 Å². The molecule has 30 heavy (non-hydrogen) atoms. The van der Waals surface area contributed by atoms with Crippen LogP contribution in [0.25, 0.3) is 0 Å². The number of nitrogens with one attached hydrogen (secondary N) is 2. The molecule has 0 aromatic heterocycles. The van der Waals surface area contributed by atoms with Crippen LogP contribution < -0.4 is 13.7 Å². The van der Waals surface area contributed by atoms with Crippen LogP contribution >= 0.6 is 0 Å². The summed E-state index contributed by atoms with van der Waals surface area (Å²) in [6, 6.07) is 9.70. The normalized spacial score (nSPS) is 15.9. The lowest BCUT2D eigenvalue weighted by Crippen LogP contribution is -2.29. The van der Waals surface area contributed by atoms with Gasteiger partial charge in [0.15, 0.2) is 0 Å². The van der Waals surface area contributed by atoms with Gasteiger partial charge in [-0.1, -0.05) is 18.2 Å². The zero-order valence-electron chi connectivity index (χ0n) is 16.5. The molecule has 0 aliphatic carbocycles. The lowest BCUT2D eigenvalue weighted by molar-refractivity contribution is -0.117. The summed E-state index contributed by atoms with van der Waals surface area (Å²) in [5.74, 6) is -0.946. The minimum Gasteiger partial charge on any atom is -0.506 e. The number of nitrogens with zero attached hydrogens (tertiary/aromatic N) is 1. The summed E-state index contributed by atoms with van der Waals surface area (Å²) in [6.45, 7) is 3.38. The third-order valence-corrected chi connectivity index (χ3v) is 7.69. The molecule has 11 heteroatoms. The van der Waals surface area contributed by atoms with Crippen LogP contribution in [-0.2, 0) is 31.4 Å². The summed E-state index contributed by atoms with van der Waals surface area (Å²) in [4.78, 5) is 11.6. The number of phenols is 1. The lowest BCUT2D eigenvalue weighted by atomic mass is 10.1. The van der Waals surface area contributed by atoms with Crippen molar-refractivity contribution in [3.8, 4) is 5.75 Å². The minimum atomic E-state index is -4.00. The van der Waals surface area contributed by atoms with E-state index in [0.29, 0.717) is 24.0 Å². The van der Waals surface area contributed by atoms with E-state index in [1.54, 1.807) is 25.1 Å². The van der Waals surface area contributed by atoms with E-state index in [-0.39, 0.29) is 22.9 Å². The second-order valence-electron chi connectivity index (χ2n) is 7.13. The van der Waals surface area contributed by atoms with Gasteiger partial charge in [0, 0.05) is 6.54 Å². The molecule has 3 N–H and O–H groups in total. The minimum absolute atomic E-state index is 0.00715. The highest BCUT2D eigenvalue weighted by Crippen LogP contribution is 2.31. The van der Waals surface area contributed by atoms with Crippen LogP contribution in [0.5, 0.6) is 5.75 Å². The highest BCUT2D eigenvalue weighted by Gasteiger charge is 2.35. The molecule has 1 heterocycles. The van der Waals surface area contributed by atoms with E-state index in [1.165, 1.54) is 12.1 Å². The van der Waals surface area contributed by atoms with Gasteiger partial charge in [0.25, 0.3) is 5.91 Å². The summed E-state index contributed by atoms with van der Waals surface area (Å²) in [5, 5.41) is 10.2. The fraction of sp³-hybridized carbons (Fsp3) is 0.316. The first-order chi connectivity index (χ1) is 14.0. The summed E-state index contributed by atoms with van der Waals surface area (Å²) in [6.07, 6.45) is 0.942. The van der Waals surface area contributed by atoms with Gasteiger partial charge in [-0.25, -0.2) is 22.2 Å². The third-order valence-electron chi connectivity index (χ3n) is 4.70. The fourth-order valence-electron chi connectivity index (χ4n) is 3.17. The van der Waals surface area contributed by atoms with E-state index in [2.05, 4.69) is 4.72 Å². The van der Waals surface area contributed by atoms with Crippen LogP contribution in [0.1, 0.15) is 23.1 Å². The molecular weight excluding hydrogens is 430 g/mol. The van der Waals surface area contributed by atoms with Gasteiger partial charge in [0.2, 0.25) is 10.0 Å². The van der Waals surface area contributed by atoms with Gasteiger partial charge in [0.1, 0.15) is 12.3 Å². The van der Waals surface area contributed by atoms with Gasteiger partial charge < -0.3 is 5.11 Å². The smallest absolute Gasteiger partial charge is 0.326 e. The van der Waals surface area contributed by atoms with Crippen molar-refractivity contribution in [2.75, 3.05) is 17.4 Å². The maximum absolute atomic E-state index is 12.5. The molecule has 0 unspecified atom stereocenters. The Kier molecular flexibility index (Phi) is 6.06. The average Bonchev–Trinajstić information content (AvgIpc) is 2.93. The predicted octanol–water partition coefficient (Wildman–Crippen LogP) is 1.10. The number of anilines is 1. The number of hydrogen-bond acceptors (Lipinski definition) is 6. The number of benzene rings is 2. The van der Waals surface area contributed by atoms with Crippen molar-refractivity contribution in [3.63, 3.8) is 0 Å². The second-order valence-corrected chi connectivity index (χ2v) is 10.5. The molecule has 0 saturated carbocycles. The van der Waals surface area contributed by atoms with Crippen LogP contribution in [0.15, 0.2) is 41.3 Å². The van der Waals surface area contributed by atoms with Crippen LogP contribution in [0, 0.1) is 13.8 Å². The number of aryl methyl sites for hydroxylation is 3. The van der Waals surface area contributed by atoms with Gasteiger partial charge in [-0.05, 0) is 61.6 Å². The van der Waals surface area contributed by atoms with Crippen molar-refractivity contribution < 1.29 is 26.7 Å². The first-order valence-corrected chi connectivity index (χ1v) is 12.1. The van der Waals surface area contributed by atoms with E-state index >= 15 is 0 Å². The Morgan fingerprint density at radius 3 is 2.53 bits per heavy atom. The number of hydrogen-bond donors (Lipinski definition) is 3. The molecular formula is C19H23N3O6S2. The van der Waals surface area contributed by atoms with Gasteiger partial charge >= 0.3 is 10.2 Å². The zero-order valence-corrected chi connectivity index (χ0v) is 18.2. The number of carbonyl (C=O) groups excluding carboxylic acids is 1. The first kappa shape index (κ1) is 22.1. The van der Waals surface area contributed by atoms with Crippen molar-refractivity contribution in [2.24, 2.45) is 0 Å². The van der Waals surface area contributed by atoms with Gasteiger partial charge in [-0.15, -0.1) is 0 Å². The van der Waals surface area contributed by atoms with E-state index in [1.807, 2.05) is 17.7 Å². The molecule has 1 aliphatic heterocycles. The maximum Gasteiger partial charge on any atom is 0.326 e. The van der Waals surface area contributed by atoms with E-state index in [0.717, 1.165) is 9.87 Å². The Morgan fingerprint density at radius 2 is 1.90 bits per heavy atom. The van der Waals surface area contributed by atoms with Gasteiger partial charge in [-0.3, -0.25) is 4.79 Å². The SMILES string of the molecule is Cc1ccc(C)c(S(=O)(=O)NCCCc2ccc(N3CC(=O)NS3(=O)=O)c(O)c2)c1. The first-order valence-electron chi connectivity index (χ1n) is 9.22.